The Morgan fingerprint density at radius 2 is 1.63 bits per heavy atom. The third kappa shape index (κ3) is 4.80. The van der Waals surface area contributed by atoms with Gasteiger partial charge in [-0.3, -0.25) is 4.21 Å². The van der Waals surface area contributed by atoms with Crippen molar-refractivity contribution in [1.82, 2.24) is 13.9 Å². The van der Waals surface area contributed by atoms with Crippen molar-refractivity contribution in [2.24, 2.45) is 0 Å². The summed E-state index contributed by atoms with van der Waals surface area (Å²) in [4.78, 5) is 4.96. The number of nitrogens with zero attached hydrogens (tertiary/aromatic N) is 3. The minimum Gasteiger partial charge on any atom is -0.312 e. The first-order valence-corrected chi connectivity index (χ1v) is 14.2. The van der Waals surface area contributed by atoms with E-state index in [1.54, 1.807) is 36.4 Å². The fraction of sp³-hybridized carbons (Fsp3) is 0.269. The lowest BCUT2D eigenvalue weighted by Crippen LogP contribution is -2.41. The molecule has 0 amide bonds. The van der Waals surface area contributed by atoms with Crippen LogP contribution in [0.15, 0.2) is 82.8 Å². The first kappa shape index (κ1) is 23.8. The Hall–Kier alpha value is -2.88. The molecule has 1 aliphatic heterocycles. The van der Waals surface area contributed by atoms with Gasteiger partial charge < -0.3 is 4.57 Å². The van der Waals surface area contributed by atoms with Gasteiger partial charge in [-0.2, -0.15) is 4.31 Å². The van der Waals surface area contributed by atoms with Gasteiger partial charge in [0, 0.05) is 18.3 Å². The summed E-state index contributed by atoms with van der Waals surface area (Å²) in [5, 5.41) is 0.263. The molecule has 4 aromatic rings. The average Bonchev–Trinajstić information content (AvgIpc) is 3.23. The zero-order chi connectivity index (χ0) is 24.6. The molecule has 6 nitrogen and oxygen atoms in total. The summed E-state index contributed by atoms with van der Waals surface area (Å²) in [6.07, 6.45) is 0.967. The zero-order valence-corrected chi connectivity index (χ0v) is 20.9. The highest BCUT2D eigenvalue weighted by molar-refractivity contribution is 7.89. The summed E-state index contributed by atoms with van der Waals surface area (Å²) in [5.41, 5.74) is 3.49. The van der Waals surface area contributed by atoms with Crippen LogP contribution >= 0.6 is 0 Å². The largest absolute Gasteiger partial charge is 0.312 e. The lowest BCUT2D eigenvalue weighted by Gasteiger charge is -2.30. The van der Waals surface area contributed by atoms with Gasteiger partial charge in [0.15, 0.2) is 0 Å². The van der Waals surface area contributed by atoms with E-state index >= 15 is 0 Å². The Labute approximate surface area is 206 Å². The van der Waals surface area contributed by atoms with E-state index < -0.39 is 20.8 Å². The molecule has 0 N–H and O–H groups in total. The molecule has 1 aliphatic rings. The maximum absolute atomic E-state index is 13.7. The van der Waals surface area contributed by atoms with E-state index in [4.69, 9.17) is 0 Å². The van der Waals surface area contributed by atoms with E-state index in [-0.39, 0.29) is 16.0 Å². The number of rotatable bonds is 6. The molecular formula is C26H26FN3O3S2. The normalized spacial score (nSPS) is 16.5. The van der Waals surface area contributed by atoms with Crippen molar-refractivity contribution in [2.75, 3.05) is 13.1 Å². The van der Waals surface area contributed by atoms with Crippen LogP contribution in [0.25, 0.3) is 11.0 Å². The van der Waals surface area contributed by atoms with Crippen LogP contribution in [0.5, 0.6) is 0 Å². The molecule has 0 saturated carbocycles. The third-order valence-corrected chi connectivity index (χ3v) is 10.1. The first-order chi connectivity index (χ1) is 16.8. The van der Waals surface area contributed by atoms with E-state index in [9.17, 15) is 17.0 Å². The summed E-state index contributed by atoms with van der Waals surface area (Å²) in [6, 6.07) is 20.7. The van der Waals surface area contributed by atoms with Crippen molar-refractivity contribution in [3.63, 3.8) is 0 Å². The van der Waals surface area contributed by atoms with E-state index in [1.807, 2.05) is 35.8 Å². The number of aromatic nitrogens is 2. The molecule has 1 aromatic heterocycles. The minimum absolute atomic E-state index is 0.205. The highest BCUT2D eigenvalue weighted by Gasteiger charge is 2.33. The lowest BCUT2D eigenvalue weighted by molar-refractivity contribution is 0.349. The molecule has 3 aromatic carbocycles. The number of piperidine rings is 1. The highest BCUT2D eigenvalue weighted by Crippen LogP contribution is 2.28. The topological polar surface area (TPSA) is 72.3 Å². The Kier molecular flexibility index (Phi) is 6.57. The van der Waals surface area contributed by atoms with Gasteiger partial charge in [-0.1, -0.05) is 42.0 Å². The lowest BCUT2D eigenvalue weighted by atomic mass is 10.2. The molecule has 5 rings (SSSR count). The van der Waals surface area contributed by atoms with Crippen LogP contribution in [-0.4, -0.2) is 44.8 Å². The van der Waals surface area contributed by atoms with Crippen molar-refractivity contribution in [1.29, 1.82) is 0 Å². The molecule has 0 aliphatic carbocycles. The Morgan fingerprint density at radius 3 is 2.31 bits per heavy atom. The van der Waals surface area contributed by atoms with Gasteiger partial charge in [0.05, 0.1) is 33.3 Å². The Bertz CT molecular complexity index is 1470. The van der Waals surface area contributed by atoms with Crippen LogP contribution in [-0.2, 0) is 27.4 Å². The van der Waals surface area contributed by atoms with Gasteiger partial charge in [-0.15, -0.1) is 0 Å². The van der Waals surface area contributed by atoms with Crippen molar-refractivity contribution in [3.05, 3.63) is 89.7 Å². The molecular weight excluding hydrogens is 485 g/mol. The molecule has 1 saturated heterocycles. The van der Waals surface area contributed by atoms with Crippen LogP contribution in [0, 0.1) is 12.7 Å². The summed E-state index contributed by atoms with van der Waals surface area (Å²) >= 11 is 0. The molecule has 1 atom stereocenters. The van der Waals surface area contributed by atoms with Gasteiger partial charge in [-0.25, -0.2) is 17.8 Å². The van der Waals surface area contributed by atoms with Crippen LogP contribution < -0.4 is 0 Å². The number of benzene rings is 3. The van der Waals surface area contributed by atoms with E-state index in [2.05, 4.69) is 4.98 Å². The molecule has 182 valence electrons. The molecule has 1 fully saturated rings. The summed E-state index contributed by atoms with van der Waals surface area (Å²) in [5.74, 6) is -0.305. The summed E-state index contributed by atoms with van der Waals surface area (Å²) < 4.78 is 56.6. The number of halogens is 1. The van der Waals surface area contributed by atoms with Crippen LogP contribution in [0.4, 0.5) is 4.39 Å². The Balaban J connectivity index is 1.37. The monoisotopic (exact) mass is 511 g/mol. The summed E-state index contributed by atoms with van der Waals surface area (Å²) in [6.45, 7) is 2.96. The van der Waals surface area contributed by atoms with Crippen molar-refractivity contribution >= 4 is 31.9 Å². The zero-order valence-electron chi connectivity index (χ0n) is 19.3. The second-order valence-electron chi connectivity index (χ2n) is 8.81. The average molecular weight is 512 g/mol. The SMILES string of the molecule is Cc1ccc(S(=O)(=O)N2CCC(S(=O)c3nc4ccccc4n3Cc3ccc(F)cc3)CC2)cc1. The van der Waals surface area contributed by atoms with Gasteiger partial charge >= 0.3 is 0 Å². The number of sulfonamides is 1. The molecule has 9 heteroatoms. The molecule has 0 radical (unpaired) electrons. The molecule has 2 heterocycles. The number of imidazole rings is 1. The maximum Gasteiger partial charge on any atom is 0.243 e. The second-order valence-corrected chi connectivity index (χ2v) is 12.4. The fourth-order valence-electron chi connectivity index (χ4n) is 4.43. The van der Waals surface area contributed by atoms with Crippen molar-refractivity contribution in [2.45, 2.75) is 41.6 Å². The molecule has 1 unspecified atom stereocenters. The third-order valence-electron chi connectivity index (χ3n) is 6.42. The first-order valence-electron chi connectivity index (χ1n) is 11.5. The van der Waals surface area contributed by atoms with Crippen LogP contribution in [0.3, 0.4) is 0 Å². The number of hydrogen-bond acceptors (Lipinski definition) is 4. The minimum atomic E-state index is -3.58. The molecule has 35 heavy (non-hydrogen) atoms. The highest BCUT2D eigenvalue weighted by atomic mass is 32.2. The number of hydrogen-bond donors (Lipinski definition) is 0. The van der Waals surface area contributed by atoms with E-state index in [0.717, 1.165) is 22.2 Å². The Morgan fingerprint density at radius 1 is 0.971 bits per heavy atom. The van der Waals surface area contributed by atoms with Crippen LogP contribution in [0.1, 0.15) is 24.0 Å². The molecule has 0 spiro atoms. The number of fused-ring (bicyclic) bond motifs is 1. The predicted octanol–water partition coefficient (Wildman–Crippen LogP) is 4.49. The van der Waals surface area contributed by atoms with Gasteiger partial charge in [0.25, 0.3) is 0 Å². The number of para-hydroxylation sites is 2. The van der Waals surface area contributed by atoms with Gasteiger partial charge in [0.2, 0.25) is 15.2 Å². The van der Waals surface area contributed by atoms with Crippen LogP contribution in [0.2, 0.25) is 0 Å². The van der Waals surface area contributed by atoms with E-state index in [0.29, 0.717) is 37.6 Å². The fourth-order valence-corrected chi connectivity index (χ4v) is 7.40. The van der Waals surface area contributed by atoms with E-state index in [1.165, 1.54) is 16.4 Å². The van der Waals surface area contributed by atoms with Crippen molar-refractivity contribution in [3.8, 4) is 0 Å². The number of aryl methyl sites for hydroxylation is 1. The van der Waals surface area contributed by atoms with Gasteiger partial charge in [-0.05, 0) is 61.7 Å². The van der Waals surface area contributed by atoms with Gasteiger partial charge in [0.1, 0.15) is 5.82 Å². The standard InChI is InChI=1S/C26H26FN3O3S2/c1-19-6-12-23(13-7-19)35(32,33)29-16-14-22(15-17-29)34(31)26-28-24-4-2-3-5-25(24)30(26)18-20-8-10-21(27)11-9-20/h2-13,22H,14-18H2,1H3. The maximum atomic E-state index is 13.7. The summed E-state index contributed by atoms with van der Waals surface area (Å²) in [7, 11) is -5.01. The predicted molar refractivity (Wildman–Crippen MR) is 135 cm³/mol. The second kappa shape index (κ2) is 9.64. The molecule has 0 bridgehead atoms. The van der Waals surface area contributed by atoms with Crippen molar-refractivity contribution < 1.29 is 17.0 Å². The quantitative estimate of drug-likeness (QED) is 0.382. The smallest absolute Gasteiger partial charge is 0.243 e.